The molecule has 0 heterocycles. The minimum Gasteiger partial charge on any atom is -0.409 e. The standard InChI is InChI=1S/C13H21N3O/c1-5-10(3)16(4)12-7-6-11(8-9(12)2)13(14)15-17/h6-8,10,17H,5H2,1-4H3,(H2,14,15). The summed E-state index contributed by atoms with van der Waals surface area (Å²) in [5.41, 5.74) is 8.60. The first-order chi connectivity index (χ1) is 8.01. The van der Waals surface area contributed by atoms with Crippen molar-refractivity contribution in [1.82, 2.24) is 0 Å². The van der Waals surface area contributed by atoms with Gasteiger partial charge in [0.1, 0.15) is 0 Å². The molecular weight excluding hydrogens is 214 g/mol. The molecule has 0 fully saturated rings. The fraction of sp³-hybridized carbons (Fsp3) is 0.462. The first-order valence-electron chi connectivity index (χ1n) is 5.82. The van der Waals surface area contributed by atoms with E-state index in [1.54, 1.807) is 0 Å². The van der Waals surface area contributed by atoms with Gasteiger partial charge in [-0.05, 0) is 44.0 Å². The average Bonchev–Trinajstić information content (AvgIpc) is 2.35. The van der Waals surface area contributed by atoms with Crippen LogP contribution in [0.15, 0.2) is 23.4 Å². The highest BCUT2D eigenvalue weighted by atomic mass is 16.4. The lowest BCUT2D eigenvalue weighted by atomic mass is 10.1. The summed E-state index contributed by atoms with van der Waals surface area (Å²) < 4.78 is 0. The van der Waals surface area contributed by atoms with Gasteiger partial charge in [-0.25, -0.2) is 0 Å². The summed E-state index contributed by atoms with van der Waals surface area (Å²) in [4.78, 5) is 2.24. The van der Waals surface area contributed by atoms with E-state index in [1.165, 1.54) is 5.69 Å². The Morgan fingerprint density at radius 3 is 2.65 bits per heavy atom. The van der Waals surface area contributed by atoms with Crippen molar-refractivity contribution in [2.45, 2.75) is 33.2 Å². The third-order valence-corrected chi connectivity index (χ3v) is 3.23. The number of rotatable bonds is 4. The molecule has 0 aromatic heterocycles. The number of anilines is 1. The Hall–Kier alpha value is -1.71. The van der Waals surface area contributed by atoms with Crippen molar-refractivity contribution in [3.8, 4) is 0 Å². The van der Waals surface area contributed by atoms with E-state index in [9.17, 15) is 0 Å². The van der Waals surface area contributed by atoms with Gasteiger partial charge in [-0.1, -0.05) is 12.1 Å². The summed E-state index contributed by atoms with van der Waals surface area (Å²) in [6, 6.07) is 6.30. The Bertz CT molecular complexity index is 415. The van der Waals surface area contributed by atoms with Crippen molar-refractivity contribution < 1.29 is 5.21 Å². The van der Waals surface area contributed by atoms with E-state index >= 15 is 0 Å². The molecule has 0 aliphatic carbocycles. The van der Waals surface area contributed by atoms with Gasteiger partial charge in [0, 0.05) is 24.3 Å². The smallest absolute Gasteiger partial charge is 0.170 e. The van der Waals surface area contributed by atoms with Gasteiger partial charge in [0.2, 0.25) is 0 Å². The fourth-order valence-corrected chi connectivity index (χ4v) is 1.78. The van der Waals surface area contributed by atoms with Gasteiger partial charge in [0.15, 0.2) is 5.84 Å². The summed E-state index contributed by atoms with van der Waals surface area (Å²) in [5, 5.41) is 11.6. The molecule has 0 saturated heterocycles. The third-order valence-electron chi connectivity index (χ3n) is 3.23. The molecule has 0 bridgehead atoms. The zero-order valence-corrected chi connectivity index (χ0v) is 10.9. The maximum absolute atomic E-state index is 8.64. The second kappa shape index (κ2) is 5.57. The second-order valence-corrected chi connectivity index (χ2v) is 4.35. The first-order valence-corrected chi connectivity index (χ1v) is 5.82. The zero-order valence-electron chi connectivity index (χ0n) is 10.9. The van der Waals surface area contributed by atoms with Crippen LogP contribution in [0.3, 0.4) is 0 Å². The Morgan fingerprint density at radius 1 is 1.53 bits per heavy atom. The highest BCUT2D eigenvalue weighted by Crippen LogP contribution is 2.22. The van der Waals surface area contributed by atoms with Crippen molar-refractivity contribution in [2.24, 2.45) is 10.9 Å². The Balaban J connectivity index is 3.05. The van der Waals surface area contributed by atoms with Crippen molar-refractivity contribution in [3.63, 3.8) is 0 Å². The molecule has 1 aromatic rings. The fourth-order valence-electron chi connectivity index (χ4n) is 1.78. The highest BCUT2D eigenvalue weighted by Gasteiger charge is 2.11. The number of hydrogen-bond donors (Lipinski definition) is 2. The molecule has 3 N–H and O–H groups in total. The number of oxime groups is 1. The zero-order chi connectivity index (χ0) is 13.0. The predicted molar refractivity (Wildman–Crippen MR) is 71.8 cm³/mol. The van der Waals surface area contributed by atoms with E-state index in [1.807, 2.05) is 25.1 Å². The minimum atomic E-state index is 0.144. The molecule has 0 radical (unpaired) electrons. The molecule has 1 rings (SSSR count). The second-order valence-electron chi connectivity index (χ2n) is 4.35. The molecule has 0 amide bonds. The Kier molecular flexibility index (Phi) is 4.37. The lowest BCUT2D eigenvalue weighted by Crippen LogP contribution is -2.28. The van der Waals surface area contributed by atoms with E-state index in [0.29, 0.717) is 6.04 Å². The number of hydrogen-bond acceptors (Lipinski definition) is 3. The van der Waals surface area contributed by atoms with E-state index in [-0.39, 0.29) is 5.84 Å². The van der Waals surface area contributed by atoms with Crippen LogP contribution in [0.5, 0.6) is 0 Å². The minimum absolute atomic E-state index is 0.144. The van der Waals surface area contributed by atoms with E-state index in [4.69, 9.17) is 10.9 Å². The van der Waals surface area contributed by atoms with Crippen LogP contribution >= 0.6 is 0 Å². The van der Waals surface area contributed by atoms with Crippen molar-refractivity contribution >= 4 is 11.5 Å². The number of aryl methyl sites for hydroxylation is 1. The number of nitrogens with two attached hydrogens (primary N) is 1. The SMILES string of the molecule is CCC(C)N(C)c1ccc(/C(N)=N/O)cc1C. The first kappa shape index (κ1) is 13.4. The Morgan fingerprint density at radius 2 is 2.18 bits per heavy atom. The summed E-state index contributed by atoms with van der Waals surface area (Å²) in [6.45, 7) is 6.39. The van der Waals surface area contributed by atoms with Crippen LogP contribution in [-0.2, 0) is 0 Å². The molecule has 1 atom stereocenters. The van der Waals surface area contributed by atoms with Crippen molar-refractivity contribution in [2.75, 3.05) is 11.9 Å². The largest absolute Gasteiger partial charge is 0.409 e. The van der Waals surface area contributed by atoms with Crippen molar-refractivity contribution in [3.05, 3.63) is 29.3 Å². The van der Waals surface area contributed by atoms with E-state index in [0.717, 1.165) is 17.5 Å². The number of nitrogens with zero attached hydrogens (tertiary/aromatic N) is 2. The summed E-state index contributed by atoms with van der Waals surface area (Å²) in [7, 11) is 2.08. The molecule has 17 heavy (non-hydrogen) atoms. The summed E-state index contributed by atoms with van der Waals surface area (Å²) >= 11 is 0. The van der Waals surface area contributed by atoms with Gasteiger partial charge in [-0.3, -0.25) is 0 Å². The molecule has 0 spiro atoms. The average molecular weight is 235 g/mol. The number of amidine groups is 1. The highest BCUT2D eigenvalue weighted by molar-refractivity contribution is 5.97. The van der Waals surface area contributed by atoms with Gasteiger partial charge < -0.3 is 15.8 Å². The van der Waals surface area contributed by atoms with Crippen LogP contribution in [0.2, 0.25) is 0 Å². The van der Waals surface area contributed by atoms with Crippen LogP contribution in [0.25, 0.3) is 0 Å². The normalized spacial score (nSPS) is 13.5. The van der Waals surface area contributed by atoms with Gasteiger partial charge in [0.05, 0.1) is 0 Å². The molecule has 0 aliphatic heterocycles. The molecule has 0 saturated carbocycles. The van der Waals surface area contributed by atoms with Crippen LogP contribution in [-0.4, -0.2) is 24.1 Å². The summed E-state index contributed by atoms with van der Waals surface area (Å²) in [6.07, 6.45) is 1.10. The molecule has 1 unspecified atom stereocenters. The molecule has 0 aliphatic rings. The topological polar surface area (TPSA) is 61.8 Å². The van der Waals surface area contributed by atoms with Crippen LogP contribution in [0, 0.1) is 6.92 Å². The van der Waals surface area contributed by atoms with Crippen LogP contribution < -0.4 is 10.6 Å². The molecule has 4 heteroatoms. The van der Waals surface area contributed by atoms with Crippen molar-refractivity contribution in [1.29, 1.82) is 0 Å². The Labute approximate surface area is 103 Å². The van der Waals surface area contributed by atoms with Crippen LogP contribution in [0.1, 0.15) is 31.4 Å². The van der Waals surface area contributed by atoms with E-state index < -0.39 is 0 Å². The third kappa shape index (κ3) is 2.90. The van der Waals surface area contributed by atoms with E-state index in [2.05, 4.69) is 31.0 Å². The quantitative estimate of drug-likeness (QED) is 0.364. The lowest BCUT2D eigenvalue weighted by molar-refractivity contribution is 0.318. The maximum atomic E-state index is 8.64. The molecule has 94 valence electrons. The van der Waals surface area contributed by atoms with Gasteiger partial charge in [-0.2, -0.15) is 0 Å². The monoisotopic (exact) mass is 235 g/mol. The number of benzene rings is 1. The van der Waals surface area contributed by atoms with Gasteiger partial charge >= 0.3 is 0 Å². The van der Waals surface area contributed by atoms with Crippen LogP contribution in [0.4, 0.5) is 5.69 Å². The maximum Gasteiger partial charge on any atom is 0.170 e. The lowest BCUT2D eigenvalue weighted by Gasteiger charge is -2.27. The molecule has 1 aromatic carbocycles. The van der Waals surface area contributed by atoms with Gasteiger partial charge in [0.25, 0.3) is 0 Å². The molecular formula is C13H21N3O. The predicted octanol–water partition coefficient (Wildman–Crippen LogP) is 2.32. The summed E-state index contributed by atoms with van der Waals surface area (Å²) in [5.74, 6) is 0.144. The molecule has 4 nitrogen and oxygen atoms in total. The van der Waals surface area contributed by atoms with Gasteiger partial charge in [-0.15, -0.1) is 0 Å².